The molecule has 0 spiro atoms. The van der Waals surface area contributed by atoms with Crippen LogP contribution in [0.25, 0.3) is 11.3 Å². The third-order valence-electron chi connectivity index (χ3n) is 3.20. The Labute approximate surface area is 146 Å². The number of hydrogen-bond acceptors (Lipinski definition) is 5. The Kier molecular flexibility index (Phi) is 4.73. The summed E-state index contributed by atoms with van der Waals surface area (Å²) >= 11 is 4.78. The molecule has 0 atom stereocenters. The normalized spacial score (nSPS) is 11.0. The number of aryl methyl sites for hydroxylation is 1. The van der Waals surface area contributed by atoms with Crippen LogP contribution in [0.1, 0.15) is 11.1 Å². The fraction of sp³-hybridized carbons (Fsp3) is 0.0588. The number of nitrogens with zero attached hydrogens (tertiary/aromatic N) is 2. The molecule has 0 fully saturated rings. The number of aromatic hydroxyl groups is 1. The molecule has 3 rings (SSSR count). The number of hydrazone groups is 1. The molecule has 6 heteroatoms. The molecule has 0 saturated carbocycles. The topological polar surface area (TPSA) is 57.5 Å². The predicted molar refractivity (Wildman–Crippen MR) is 99.3 cm³/mol. The minimum Gasteiger partial charge on any atom is -0.507 e. The van der Waals surface area contributed by atoms with Gasteiger partial charge in [0.1, 0.15) is 5.75 Å². The number of halogens is 1. The fourth-order valence-corrected chi connectivity index (χ4v) is 3.01. The maximum atomic E-state index is 9.46. The molecule has 2 aromatic carbocycles. The zero-order valence-corrected chi connectivity index (χ0v) is 14.7. The van der Waals surface area contributed by atoms with Gasteiger partial charge in [0, 0.05) is 10.9 Å². The van der Waals surface area contributed by atoms with E-state index in [0.717, 1.165) is 22.0 Å². The molecule has 0 radical (unpaired) electrons. The van der Waals surface area contributed by atoms with Gasteiger partial charge in [-0.2, -0.15) is 5.10 Å². The van der Waals surface area contributed by atoms with E-state index in [2.05, 4.69) is 62.6 Å². The molecule has 0 unspecified atom stereocenters. The van der Waals surface area contributed by atoms with Crippen LogP contribution < -0.4 is 5.43 Å². The van der Waals surface area contributed by atoms with Crippen LogP contribution in [0, 0.1) is 6.92 Å². The highest BCUT2D eigenvalue weighted by Crippen LogP contribution is 2.25. The number of anilines is 1. The van der Waals surface area contributed by atoms with Crippen molar-refractivity contribution >= 4 is 38.6 Å². The highest BCUT2D eigenvalue weighted by atomic mass is 79.9. The van der Waals surface area contributed by atoms with E-state index in [0.29, 0.717) is 4.47 Å². The van der Waals surface area contributed by atoms with Gasteiger partial charge in [-0.05, 0) is 46.6 Å². The molecule has 1 aromatic heterocycles. The summed E-state index contributed by atoms with van der Waals surface area (Å²) in [7, 11) is 0. The number of nitrogens with one attached hydrogen (secondary N) is 1. The average Bonchev–Trinajstić information content (AvgIpc) is 3.00. The summed E-state index contributed by atoms with van der Waals surface area (Å²) in [6.45, 7) is 2.06. The lowest BCUT2D eigenvalue weighted by atomic mass is 10.1. The van der Waals surface area contributed by atoms with Crippen LogP contribution in [0.4, 0.5) is 5.13 Å². The van der Waals surface area contributed by atoms with Crippen molar-refractivity contribution in [3.8, 4) is 17.0 Å². The summed E-state index contributed by atoms with van der Waals surface area (Å²) in [6.07, 6.45) is 1.68. The highest BCUT2D eigenvalue weighted by Gasteiger charge is 2.03. The van der Waals surface area contributed by atoms with Crippen LogP contribution in [-0.2, 0) is 0 Å². The van der Waals surface area contributed by atoms with Crippen LogP contribution >= 0.6 is 27.3 Å². The Morgan fingerprint density at radius 1 is 1.22 bits per heavy atom. The van der Waals surface area contributed by atoms with Gasteiger partial charge < -0.3 is 5.11 Å². The molecular formula is C17H14BrN3OS. The number of thiazole rings is 1. The Hall–Kier alpha value is -2.18. The average molecular weight is 388 g/mol. The third-order valence-corrected chi connectivity index (χ3v) is 4.58. The monoisotopic (exact) mass is 387 g/mol. The van der Waals surface area contributed by atoms with Gasteiger partial charge in [-0.15, -0.1) is 11.3 Å². The molecule has 0 bridgehead atoms. The van der Waals surface area contributed by atoms with Crippen molar-refractivity contribution in [2.24, 2.45) is 5.10 Å². The van der Waals surface area contributed by atoms with Gasteiger partial charge in [0.2, 0.25) is 5.13 Å². The maximum Gasteiger partial charge on any atom is 0.203 e. The summed E-state index contributed by atoms with van der Waals surface area (Å²) in [5.74, 6) is 0.206. The molecule has 1 heterocycles. The molecule has 116 valence electrons. The summed E-state index contributed by atoms with van der Waals surface area (Å²) < 4.78 is 0.636. The van der Waals surface area contributed by atoms with Gasteiger partial charge in [-0.3, -0.25) is 5.43 Å². The molecule has 0 saturated heterocycles. The van der Waals surface area contributed by atoms with Gasteiger partial charge in [-0.1, -0.05) is 29.8 Å². The Balaban J connectivity index is 1.68. The van der Waals surface area contributed by atoms with Crippen LogP contribution in [0.5, 0.6) is 5.75 Å². The molecule has 0 aliphatic rings. The Morgan fingerprint density at radius 3 is 2.74 bits per heavy atom. The minimum atomic E-state index is 0.206. The molecule has 2 N–H and O–H groups in total. The van der Waals surface area contributed by atoms with Gasteiger partial charge >= 0.3 is 0 Å². The van der Waals surface area contributed by atoms with E-state index in [1.54, 1.807) is 24.4 Å². The van der Waals surface area contributed by atoms with Crippen LogP contribution in [0.2, 0.25) is 0 Å². The number of phenols is 1. The summed E-state index contributed by atoms with van der Waals surface area (Å²) in [4.78, 5) is 4.52. The standard InChI is InChI=1S/C17H14BrN3OS/c1-11-2-5-13(6-3-11)15-10-23-17(20-15)21-19-9-12-4-7-16(22)14(18)8-12/h2-10,22H,1H3,(H,20,21)/b19-9-. The lowest BCUT2D eigenvalue weighted by molar-refractivity contribution is 0.472. The van der Waals surface area contributed by atoms with E-state index >= 15 is 0 Å². The molecule has 23 heavy (non-hydrogen) atoms. The Bertz CT molecular complexity index is 843. The van der Waals surface area contributed by atoms with Crippen molar-refractivity contribution in [1.82, 2.24) is 4.98 Å². The highest BCUT2D eigenvalue weighted by molar-refractivity contribution is 9.10. The van der Waals surface area contributed by atoms with Crippen molar-refractivity contribution < 1.29 is 5.11 Å². The first-order valence-corrected chi connectivity index (χ1v) is 8.59. The summed E-state index contributed by atoms with van der Waals surface area (Å²) in [6, 6.07) is 13.5. The van der Waals surface area contributed by atoms with Crippen molar-refractivity contribution in [3.63, 3.8) is 0 Å². The molecule has 3 aromatic rings. The zero-order chi connectivity index (χ0) is 16.2. The number of phenolic OH excluding ortho intramolecular Hbond substituents is 1. The van der Waals surface area contributed by atoms with Crippen molar-refractivity contribution in [1.29, 1.82) is 0 Å². The van der Waals surface area contributed by atoms with Crippen LogP contribution in [0.15, 0.2) is 57.4 Å². The third kappa shape index (κ3) is 3.97. The summed E-state index contributed by atoms with van der Waals surface area (Å²) in [5.41, 5.74) is 7.05. The molecule has 0 aliphatic heterocycles. The molecular weight excluding hydrogens is 374 g/mol. The van der Waals surface area contributed by atoms with Gasteiger partial charge in [0.15, 0.2) is 0 Å². The number of rotatable bonds is 4. The van der Waals surface area contributed by atoms with E-state index in [-0.39, 0.29) is 5.75 Å². The molecule has 0 aliphatic carbocycles. The van der Waals surface area contributed by atoms with Crippen molar-refractivity contribution in [3.05, 3.63) is 63.4 Å². The first kappa shape index (κ1) is 15.7. The van der Waals surface area contributed by atoms with Crippen molar-refractivity contribution in [2.75, 3.05) is 5.43 Å². The second-order valence-electron chi connectivity index (χ2n) is 4.98. The first-order valence-electron chi connectivity index (χ1n) is 6.92. The predicted octanol–water partition coefficient (Wildman–Crippen LogP) is 5.03. The molecule has 4 nitrogen and oxygen atoms in total. The molecule has 0 amide bonds. The van der Waals surface area contributed by atoms with E-state index < -0.39 is 0 Å². The van der Waals surface area contributed by atoms with Crippen LogP contribution in [0.3, 0.4) is 0 Å². The smallest absolute Gasteiger partial charge is 0.203 e. The lowest BCUT2D eigenvalue weighted by Crippen LogP contribution is -1.90. The largest absolute Gasteiger partial charge is 0.507 e. The van der Waals surface area contributed by atoms with Gasteiger partial charge in [0.25, 0.3) is 0 Å². The first-order chi connectivity index (χ1) is 11.1. The number of hydrogen-bond donors (Lipinski definition) is 2. The second kappa shape index (κ2) is 6.93. The number of benzene rings is 2. The lowest BCUT2D eigenvalue weighted by Gasteiger charge is -1.98. The zero-order valence-electron chi connectivity index (χ0n) is 12.3. The van der Waals surface area contributed by atoms with Crippen molar-refractivity contribution in [2.45, 2.75) is 6.92 Å². The van der Waals surface area contributed by atoms with E-state index in [1.165, 1.54) is 16.9 Å². The fourth-order valence-electron chi connectivity index (χ4n) is 1.95. The quantitative estimate of drug-likeness (QED) is 0.487. The summed E-state index contributed by atoms with van der Waals surface area (Å²) in [5, 5.41) is 16.4. The van der Waals surface area contributed by atoms with Gasteiger partial charge in [-0.25, -0.2) is 4.98 Å². The Morgan fingerprint density at radius 2 is 2.00 bits per heavy atom. The van der Waals surface area contributed by atoms with E-state index in [1.807, 2.05) is 5.38 Å². The second-order valence-corrected chi connectivity index (χ2v) is 6.70. The SMILES string of the molecule is Cc1ccc(-c2csc(N/N=C\c3ccc(O)c(Br)c3)n2)cc1. The minimum absolute atomic E-state index is 0.206. The van der Waals surface area contributed by atoms with Crippen LogP contribution in [-0.4, -0.2) is 16.3 Å². The van der Waals surface area contributed by atoms with Gasteiger partial charge in [0.05, 0.1) is 16.4 Å². The van der Waals surface area contributed by atoms with E-state index in [4.69, 9.17) is 0 Å². The van der Waals surface area contributed by atoms with E-state index in [9.17, 15) is 5.11 Å². The maximum absolute atomic E-state index is 9.46. The number of aromatic nitrogens is 1.